The minimum absolute atomic E-state index is 0.0374. The molecule has 9 heteroatoms. The Labute approximate surface area is 133 Å². The van der Waals surface area contributed by atoms with Gasteiger partial charge in [-0.1, -0.05) is 0 Å². The van der Waals surface area contributed by atoms with E-state index in [9.17, 15) is 9.59 Å². The summed E-state index contributed by atoms with van der Waals surface area (Å²) in [4.78, 5) is 32.3. The molecule has 2 heterocycles. The van der Waals surface area contributed by atoms with Crippen LogP contribution in [0.15, 0.2) is 0 Å². The predicted molar refractivity (Wildman–Crippen MR) is 82.7 cm³/mol. The normalized spacial score (nSPS) is 19.0. The molecule has 0 aromatic carbocycles. The number of anilines is 2. The molecule has 0 aliphatic carbocycles. The third-order valence-electron chi connectivity index (χ3n) is 3.72. The van der Waals surface area contributed by atoms with Crippen LogP contribution in [-0.4, -0.2) is 50.5 Å². The molecule has 2 rings (SSSR count). The lowest BCUT2D eigenvalue weighted by atomic mass is 9.99. The van der Waals surface area contributed by atoms with Crippen molar-refractivity contribution in [3.8, 4) is 5.88 Å². The van der Waals surface area contributed by atoms with E-state index >= 15 is 0 Å². The van der Waals surface area contributed by atoms with Crippen molar-refractivity contribution in [1.82, 2.24) is 14.9 Å². The molecule has 1 aliphatic rings. The number of carbonyl (C=O) groups excluding carboxylic acids is 1. The number of carbonyl (C=O) groups is 2. The Morgan fingerprint density at radius 3 is 2.65 bits per heavy atom. The summed E-state index contributed by atoms with van der Waals surface area (Å²) in [6.45, 7) is 4.43. The van der Waals surface area contributed by atoms with Gasteiger partial charge in [0.25, 0.3) is 0 Å². The van der Waals surface area contributed by atoms with E-state index in [1.165, 1.54) is 0 Å². The van der Waals surface area contributed by atoms with Gasteiger partial charge in [-0.2, -0.15) is 9.97 Å². The number of carboxylic acids is 1. The maximum absolute atomic E-state index is 12.1. The quantitative estimate of drug-likeness (QED) is 0.665. The molecule has 9 nitrogen and oxygen atoms in total. The van der Waals surface area contributed by atoms with Gasteiger partial charge in [-0.15, -0.1) is 0 Å². The Kier molecular flexibility index (Phi) is 4.57. The summed E-state index contributed by atoms with van der Waals surface area (Å²) in [5.41, 5.74) is 11.4. The van der Waals surface area contributed by atoms with Gasteiger partial charge in [0, 0.05) is 19.4 Å². The van der Waals surface area contributed by atoms with Gasteiger partial charge in [0.2, 0.25) is 17.7 Å². The Balaban J connectivity index is 2.08. The van der Waals surface area contributed by atoms with Crippen molar-refractivity contribution in [1.29, 1.82) is 0 Å². The zero-order chi connectivity index (χ0) is 17.2. The highest BCUT2D eigenvalue weighted by atomic mass is 16.5. The molecule has 1 aromatic rings. The van der Waals surface area contributed by atoms with Crippen LogP contribution in [-0.2, 0) is 16.0 Å². The summed E-state index contributed by atoms with van der Waals surface area (Å²) in [6, 6.07) is 0. The van der Waals surface area contributed by atoms with Crippen LogP contribution < -0.4 is 16.2 Å². The van der Waals surface area contributed by atoms with E-state index in [0.717, 1.165) is 0 Å². The zero-order valence-corrected chi connectivity index (χ0v) is 13.2. The number of nitrogens with zero attached hydrogens (tertiary/aromatic N) is 3. The average Bonchev–Trinajstić information content (AvgIpc) is 2.79. The van der Waals surface area contributed by atoms with Crippen LogP contribution in [0.1, 0.15) is 32.3 Å². The largest absolute Gasteiger partial charge is 0.481 e. The van der Waals surface area contributed by atoms with Gasteiger partial charge in [0.1, 0.15) is 11.4 Å². The number of rotatable bonds is 6. The maximum atomic E-state index is 12.1. The van der Waals surface area contributed by atoms with Crippen LogP contribution in [0.25, 0.3) is 0 Å². The first-order chi connectivity index (χ1) is 10.7. The number of nitrogen functional groups attached to an aromatic ring is 2. The van der Waals surface area contributed by atoms with Crippen molar-refractivity contribution in [2.24, 2.45) is 0 Å². The standard InChI is InChI=1S/C14H21N5O4/c1-3-19(9(20)4-5-10(21)22)7-14(2)6-8-11(15)17-13(16)18-12(8)23-14/h3-7H2,1-2H3,(H,21,22)(H4,15,16,17,18)/t14-/m1/s1. The Bertz CT molecular complexity index is 636. The summed E-state index contributed by atoms with van der Waals surface area (Å²) < 4.78 is 5.84. The van der Waals surface area contributed by atoms with E-state index < -0.39 is 11.6 Å². The molecule has 0 spiro atoms. The Morgan fingerprint density at radius 1 is 1.35 bits per heavy atom. The predicted octanol–water partition coefficient (Wildman–Crippen LogP) is 0.0479. The molecule has 1 atom stereocenters. The van der Waals surface area contributed by atoms with E-state index in [0.29, 0.717) is 31.0 Å². The molecule has 0 saturated carbocycles. The number of hydrogen-bond donors (Lipinski definition) is 3. The summed E-state index contributed by atoms with van der Waals surface area (Å²) in [6.07, 6.45) is 0.223. The molecule has 23 heavy (non-hydrogen) atoms. The van der Waals surface area contributed by atoms with Crippen LogP contribution in [0.3, 0.4) is 0 Å². The maximum Gasteiger partial charge on any atom is 0.303 e. The lowest BCUT2D eigenvalue weighted by molar-refractivity contribution is -0.141. The van der Waals surface area contributed by atoms with Crippen LogP contribution in [0.4, 0.5) is 11.8 Å². The lowest BCUT2D eigenvalue weighted by Crippen LogP contribution is -2.46. The van der Waals surface area contributed by atoms with Crippen LogP contribution >= 0.6 is 0 Å². The van der Waals surface area contributed by atoms with E-state index in [1.807, 2.05) is 13.8 Å². The van der Waals surface area contributed by atoms with Crippen molar-refractivity contribution < 1.29 is 19.4 Å². The SMILES string of the molecule is CCN(C[C@@]1(C)Cc2c(N)nc(N)nc2O1)C(=O)CCC(=O)O. The first-order valence-corrected chi connectivity index (χ1v) is 7.34. The third-order valence-corrected chi connectivity index (χ3v) is 3.72. The number of hydrogen-bond acceptors (Lipinski definition) is 7. The average molecular weight is 323 g/mol. The molecule has 5 N–H and O–H groups in total. The molecule has 0 fully saturated rings. The van der Waals surface area contributed by atoms with E-state index in [4.69, 9.17) is 21.3 Å². The first-order valence-electron chi connectivity index (χ1n) is 7.34. The first kappa shape index (κ1) is 16.8. The van der Waals surface area contributed by atoms with Gasteiger partial charge in [0.05, 0.1) is 18.5 Å². The highest BCUT2D eigenvalue weighted by Crippen LogP contribution is 2.37. The zero-order valence-electron chi connectivity index (χ0n) is 13.2. The fourth-order valence-electron chi connectivity index (χ4n) is 2.63. The van der Waals surface area contributed by atoms with Crippen molar-refractivity contribution in [3.63, 3.8) is 0 Å². The van der Waals surface area contributed by atoms with E-state index in [2.05, 4.69) is 9.97 Å². The molecule has 1 amide bonds. The number of aliphatic carboxylic acids is 1. The fourth-order valence-corrected chi connectivity index (χ4v) is 2.63. The minimum Gasteiger partial charge on any atom is -0.481 e. The minimum atomic E-state index is -0.997. The van der Waals surface area contributed by atoms with Crippen molar-refractivity contribution in [2.75, 3.05) is 24.6 Å². The molecular formula is C14H21N5O4. The lowest BCUT2D eigenvalue weighted by Gasteiger charge is -2.31. The second-order valence-electron chi connectivity index (χ2n) is 5.78. The molecule has 0 saturated heterocycles. The van der Waals surface area contributed by atoms with Crippen LogP contribution in [0, 0.1) is 0 Å². The summed E-state index contributed by atoms with van der Waals surface area (Å²) in [7, 11) is 0. The fraction of sp³-hybridized carbons (Fsp3) is 0.571. The topological polar surface area (TPSA) is 145 Å². The number of amides is 1. The summed E-state index contributed by atoms with van der Waals surface area (Å²) in [5, 5.41) is 8.69. The molecular weight excluding hydrogens is 302 g/mol. The number of aromatic nitrogens is 2. The molecule has 0 radical (unpaired) electrons. The van der Waals surface area contributed by atoms with E-state index in [-0.39, 0.29) is 30.5 Å². The molecule has 0 unspecified atom stereocenters. The molecule has 1 aliphatic heterocycles. The van der Waals surface area contributed by atoms with Crippen molar-refractivity contribution in [3.05, 3.63) is 5.56 Å². The molecule has 0 bridgehead atoms. The highest BCUT2D eigenvalue weighted by molar-refractivity contribution is 5.80. The van der Waals surface area contributed by atoms with Gasteiger partial charge in [0.15, 0.2) is 0 Å². The van der Waals surface area contributed by atoms with Gasteiger partial charge in [-0.05, 0) is 13.8 Å². The number of ether oxygens (including phenoxy) is 1. The monoisotopic (exact) mass is 323 g/mol. The van der Waals surface area contributed by atoms with Crippen molar-refractivity contribution >= 4 is 23.6 Å². The van der Waals surface area contributed by atoms with Gasteiger partial charge in [-0.25, -0.2) is 0 Å². The van der Waals surface area contributed by atoms with Gasteiger partial charge < -0.3 is 26.2 Å². The summed E-state index contributed by atoms with van der Waals surface area (Å²) in [5.74, 6) is -0.573. The second-order valence-corrected chi connectivity index (χ2v) is 5.78. The number of nitrogens with two attached hydrogens (primary N) is 2. The Morgan fingerprint density at radius 2 is 2.04 bits per heavy atom. The third kappa shape index (κ3) is 3.79. The smallest absolute Gasteiger partial charge is 0.303 e. The highest BCUT2D eigenvalue weighted by Gasteiger charge is 2.40. The second kappa shape index (κ2) is 6.27. The molecule has 1 aromatic heterocycles. The Hall–Kier alpha value is -2.58. The van der Waals surface area contributed by atoms with E-state index in [1.54, 1.807) is 4.90 Å². The van der Waals surface area contributed by atoms with Crippen LogP contribution in [0.2, 0.25) is 0 Å². The van der Waals surface area contributed by atoms with Gasteiger partial charge >= 0.3 is 5.97 Å². The van der Waals surface area contributed by atoms with Gasteiger partial charge in [-0.3, -0.25) is 9.59 Å². The van der Waals surface area contributed by atoms with Crippen LogP contribution in [0.5, 0.6) is 5.88 Å². The summed E-state index contributed by atoms with van der Waals surface area (Å²) >= 11 is 0. The number of carboxylic acid groups (broad SMARTS) is 1. The number of fused-ring (bicyclic) bond motifs is 1. The van der Waals surface area contributed by atoms with Crippen molar-refractivity contribution in [2.45, 2.75) is 38.7 Å². The number of likely N-dealkylation sites (N-methyl/N-ethyl adjacent to an activating group) is 1. The molecule has 126 valence electrons.